The third-order valence-electron chi connectivity index (χ3n) is 3.11. The molecule has 0 atom stereocenters. The zero-order valence-corrected chi connectivity index (χ0v) is 12.1. The average Bonchev–Trinajstić information content (AvgIpc) is 2.36. The van der Waals surface area contributed by atoms with Crippen LogP contribution in [0.4, 0.5) is 0 Å². The molecule has 4 nitrogen and oxygen atoms in total. The molecule has 0 bridgehead atoms. The smallest absolute Gasteiger partial charge is 0.258 e. The third kappa shape index (κ3) is 4.91. The highest BCUT2D eigenvalue weighted by molar-refractivity contribution is 5.78. The predicted octanol–water partition coefficient (Wildman–Crippen LogP) is 2.17. The Labute approximate surface area is 114 Å². The van der Waals surface area contributed by atoms with Gasteiger partial charge in [-0.25, -0.2) is 0 Å². The molecule has 0 fully saturated rings. The quantitative estimate of drug-likeness (QED) is 0.828. The highest BCUT2D eigenvalue weighted by Gasteiger charge is 2.18. The lowest BCUT2D eigenvalue weighted by molar-refractivity contribution is -0.124. The van der Waals surface area contributed by atoms with Crippen molar-refractivity contribution in [1.82, 2.24) is 5.32 Å². The normalized spacial score (nSPS) is 11.2. The van der Waals surface area contributed by atoms with E-state index in [0.29, 0.717) is 11.3 Å². The van der Waals surface area contributed by atoms with Gasteiger partial charge in [-0.15, -0.1) is 0 Å². The SMILES string of the molecule is CCC(C)(C)NC(=O)COc1ccc(C)cc1CO. The molecule has 1 rings (SSSR count). The lowest BCUT2D eigenvalue weighted by Crippen LogP contribution is -2.44. The minimum absolute atomic E-state index is 0.0422. The van der Waals surface area contributed by atoms with E-state index in [0.717, 1.165) is 12.0 Å². The molecule has 0 aliphatic rings. The second-order valence-electron chi connectivity index (χ2n) is 5.34. The molecular formula is C15H23NO3. The van der Waals surface area contributed by atoms with Gasteiger partial charge in [0.25, 0.3) is 5.91 Å². The number of ether oxygens (including phenoxy) is 1. The van der Waals surface area contributed by atoms with E-state index in [4.69, 9.17) is 4.74 Å². The maximum absolute atomic E-state index is 11.8. The number of carbonyl (C=O) groups is 1. The van der Waals surface area contributed by atoms with Gasteiger partial charge in [-0.3, -0.25) is 4.79 Å². The fourth-order valence-electron chi connectivity index (χ4n) is 1.62. The Kier molecular flexibility index (Phi) is 5.36. The Morgan fingerprint density at radius 2 is 2.11 bits per heavy atom. The number of aryl methyl sites for hydroxylation is 1. The highest BCUT2D eigenvalue weighted by Crippen LogP contribution is 2.20. The van der Waals surface area contributed by atoms with Crippen LogP contribution in [0.2, 0.25) is 0 Å². The third-order valence-corrected chi connectivity index (χ3v) is 3.11. The Morgan fingerprint density at radius 3 is 2.68 bits per heavy atom. The van der Waals surface area contributed by atoms with Gasteiger partial charge in [-0.1, -0.05) is 24.6 Å². The molecule has 1 amide bonds. The zero-order chi connectivity index (χ0) is 14.5. The fraction of sp³-hybridized carbons (Fsp3) is 0.533. The van der Waals surface area contributed by atoms with Crippen LogP contribution in [0.3, 0.4) is 0 Å². The maximum Gasteiger partial charge on any atom is 0.258 e. The van der Waals surface area contributed by atoms with E-state index in [1.807, 2.05) is 39.8 Å². The van der Waals surface area contributed by atoms with Gasteiger partial charge in [-0.05, 0) is 33.3 Å². The van der Waals surface area contributed by atoms with Crippen LogP contribution in [0.15, 0.2) is 18.2 Å². The van der Waals surface area contributed by atoms with Crippen molar-refractivity contribution in [3.8, 4) is 5.75 Å². The second kappa shape index (κ2) is 6.57. The van der Waals surface area contributed by atoms with E-state index >= 15 is 0 Å². The van der Waals surface area contributed by atoms with Crippen molar-refractivity contribution in [2.24, 2.45) is 0 Å². The van der Waals surface area contributed by atoms with Crippen molar-refractivity contribution in [2.75, 3.05) is 6.61 Å². The molecule has 0 saturated carbocycles. The summed E-state index contributed by atoms with van der Waals surface area (Å²) in [6, 6.07) is 5.52. The number of amides is 1. The minimum atomic E-state index is -0.229. The van der Waals surface area contributed by atoms with Gasteiger partial charge in [-0.2, -0.15) is 0 Å². The molecule has 0 heterocycles. The van der Waals surface area contributed by atoms with Crippen LogP contribution in [0.25, 0.3) is 0 Å². The number of nitrogens with one attached hydrogen (secondary N) is 1. The number of aliphatic hydroxyl groups excluding tert-OH is 1. The van der Waals surface area contributed by atoms with E-state index in [-0.39, 0.29) is 24.7 Å². The van der Waals surface area contributed by atoms with Crippen molar-refractivity contribution in [3.05, 3.63) is 29.3 Å². The van der Waals surface area contributed by atoms with Gasteiger partial charge in [0.2, 0.25) is 0 Å². The van der Waals surface area contributed by atoms with Crippen molar-refractivity contribution < 1.29 is 14.6 Å². The van der Waals surface area contributed by atoms with E-state index in [2.05, 4.69) is 5.32 Å². The van der Waals surface area contributed by atoms with Gasteiger partial charge in [0.1, 0.15) is 5.75 Å². The molecule has 0 aliphatic carbocycles. The molecule has 0 aromatic heterocycles. The first-order valence-corrected chi connectivity index (χ1v) is 6.52. The van der Waals surface area contributed by atoms with Gasteiger partial charge in [0, 0.05) is 11.1 Å². The molecule has 0 spiro atoms. The van der Waals surface area contributed by atoms with Crippen LogP contribution < -0.4 is 10.1 Å². The monoisotopic (exact) mass is 265 g/mol. The number of rotatable bonds is 6. The van der Waals surface area contributed by atoms with Crippen LogP contribution in [0.5, 0.6) is 5.75 Å². The van der Waals surface area contributed by atoms with Crippen molar-refractivity contribution >= 4 is 5.91 Å². The van der Waals surface area contributed by atoms with E-state index in [1.165, 1.54) is 0 Å². The molecule has 2 N–H and O–H groups in total. The van der Waals surface area contributed by atoms with Crippen molar-refractivity contribution in [2.45, 2.75) is 46.3 Å². The summed E-state index contributed by atoms with van der Waals surface area (Å²) in [5, 5.41) is 12.2. The Bertz CT molecular complexity index is 441. The van der Waals surface area contributed by atoms with Crippen molar-refractivity contribution in [3.63, 3.8) is 0 Å². The number of hydrogen-bond acceptors (Lipinski definition) is 3. The molecule has 0 saturated heterocycles. The molecule has 0 aliphatic heterocycles. The Hall–Kier alpha value is -1.55. The largest absolute Gasteiger partial charge is 0.483 e. The summed E-state index contributed by atoms with van der Waals surface area (Å²) in [5.74, 6) is 0.397. The highest BCUT2D eigenvalue weighted by atomic mass is 16.5. The number of benzene rings is 1. The van der Waals surface area contributed by atoms with E-state index < -0.39 is 0 Å². The first-order valence-electron chi connectivity index (χ1n) is 6.52. The van der Waals surface area contributed by atoms with Crippen LogP contribution in [-0.4, -0.2) is 23.2 Å². The predicted molar refractivity (Wildman–Crippen MR) is 75.1 cm³/mol. The molecule has 0 unspecified atom stereocenters. The lowest BCUT2D eigenvalue weighted by Gasteiger charge is -2.24. The standard InChI is InChI=1S/C15H23NO3/c1-5-15(3,4)16-14(18)10-19-13-7-6-11(2)8-12(13)9-17/h6-8,17H,5,9-10H2,1-4H3,(H,16,18). The van der Waals surface area contributed by atoms with Crippen LogP contribution in [-0.2, 0) is 11.4 Å². The van der Waals surface area contributed by atoms with Crippen LogP contribution in [0, 0.1) is 6.92 Å². The lowest BCUT2D eigenvalue weighted by atomic mass is 10.0. The summed E-state index contributed by atoms with van der Waals surface area (Å²) in [6.07, 6.45) is 0.852. The van der Waals surface area contributed by atoms with E-state index in [1.54, 1.807) is 6.07 Å². The molecule has 1 aromatic carbocycles. The van der Waals surface area contributed by atoms with Gasteiger partial charge < -0.3 is 15.2 Å². The molecule has 1 aromatic rings. The first kappa shape index (κ1) is 15.5. The molecule has 4 heteroatoms. The summed E-state index contributed by atoms with van der Waals surface area (Å²) in [4.78, 5) is 11.8. The van der Waals surface area contributed by atoms with Gasteiger partial charge >= 0.3 is 0 Å². The topological polar surface area (TPSA) is 58.6 Å². The summed E-state index contributed by atoms with van der Waals surface area (Å²) >= 11 is 0. The molecule has 0 radical (unpaired) electrons. The van der Waals surface area contributed by atoms with Gasteiger partial charge in [0.15, 0.2) is 6.61 Å². The van der Waals surface area contributed by atoms with Gasteiger partial charge in [0.05, 0.1) is 6.61 Å². The number of hydrogen-bond donors (Lipinski definition) is 2. The second-order valence-corrected chi connectivity index (χ2v) is 5.34. The van der Waals surface area contributed by atoms with E-state index in [9.17, 15) is 9.90 Å². The summed E-state index contributed by atoms with van der Waals surface area (Å²) in [5.41, 5.74) is 1.52. The summed E-state index contributed by atoms with van der Waals surface area (Å²) in [6.45, 7) is 7.76. The Morgan fingerprint density at radius 1 is 1.42 bits per heavy atom. The summed E-state index contributed by atoms with van der Waals surface area (Å²) in [7, 11) is 0. The fourth-order valence-corrected chi connectivity index (χ4v) is 1.62. The number of aliphatic hydroxyl groups is 1. The summed E-state index contributed by atoms with van der Waals surface area (Å²) < 4.78 is 5.46. The average molecular weight is 265 g/mol. The molecular weight excluding hydrogens is 242 g/mol. The molecule has 19 heavy (non-hydrogen) atoms. The van der Waals surface area contributed by atoms with Crippen molar-refractivity contribution in [1.29, 1.82) is 0 Å². The minimum Gasteiger partial charge on any atom is -0.483 e. The Balaban J connectivity index is 2.60. The first-order chi connectivity index (χ1) is 8.88. The van der Waals surface area contributed by atoms with Crippen LogP contribution >= 0.6 is 0 Å². The maximum atomic E-state index is 11.8. The molecule has 106 valence electrons. The van der Waals surface area contributed by atoms with Crippen LogP contribution in [0.1, 0.15) is 38.3 Å². The number of carbonyl (C=O) groups excluding carboxylic acids is 1. The zero-order valence-electron chi connectivity index (χ0n) is 12.1.